The molecule has 2 aromatic heterocycles. The van der Waals surface area contributed by atoms with Crippen molar-refractivity contribution in [2.24, 2.45) is 0 Å². The lowest BCUT2D eigenvalue weighted by Crippen LogP contribution is -2.33. The maximum Gasteiger partial charge on any atom is 0.251 e. The van der Waals surface area contributed by atoms with E-state index in [9.17, 15) is 14.9 Å². The van der Waals surface area contributed by atoms with Gasteiger partial charge in [-0.1, -0.05) is 18.2 Å². The number of hydrogen-bond donors (Lipinski definition) is 2. The fourth-order valence-electron chi connectivity index (χ4n) is 3.55. The maximum atomic E-state index is 12.7. The summed E-state index contributed by atoms with van der Waals surface area (Å²) in [7, 11) is 4.33. The first-order valence-electron chi connectivity index (χ1n) is 10.7. The lowest BCUT2D eigenvalue weighted by atomic mass is 10.1. The average molecular weight is 486 g/mol. The normalized spacial score (nSPS) is 10.4. The molecule has 0 spiro atoms. The second kappa shape index (κ2) is 10.4. The summed E-state index contributed by atoms with van der Waals surface area (Å²) >= 11 is 0. The first-order valence-corrected chi connectivity index (χ1v) is 10.7. The third-order valence-electron chi connectivity index (χ3n) is 5.28. The molecule has 0 aliphatic heterocycles. The lowest BCUT2D eigenvalue weighted by Gasteiger charge is -2.14. The van der Waals surface area contributed by atoms with E-state index in [0.29, 0.717) is 23.1 Å². The van der Waals surface area contributed by atoms with Gasteiger partial charge >= 0.3 is 0 Å². The number of pyridine rings is 1. The van der Waals surface area contributed by atoms with Crippen LogP contribution < -0.4 is 24.8 Å². The van der Waals surface area contributed by atoms with Crippen molar-refractivity contribution < 1.29 is 23.8 Å². The van der Waals surface area contributed by atoms with Crippen molar-refractivity contribution in [3.63, 3.8) is 0 Å². The minimum Gasteiger partial charge on any atom is -0.493 e. The van der Waals surface area contributed by atoms with E-state index in [-0.39, 0.29) is 23.5 Å². The van der Waals surface area contributed by atoms with Crippen molar-refractivity contribution in [2.75, 3.05) is 33.2 Å². The Labute approximate surface area is 206 Å². The number of nitrogens with zero attached hydrogens (tertiary/aromatic N) is 4. The zero-order valence-corrected chi connectivity index (χ0v) is 19.7. The smallest absolute Gasteiger partial charge is 0.251 e. The van der Waals surface area contributed by atoms with E-state index in [1.54, 1.807) is 6.07 Å². The molecule has 0 aliphatic rings. The molecular formula is C25H22N6O5. The number of methoxy groups -OCH3 is 3. The molecule has 4 rings (SSSR count). The largest absolute Gasteiger partial charge is 0.493 e. The van der Waals surface area contributed by atoms with Crippen molar-refractivity contribution in [3.8, 4) is 29.1 Å². The molecule has 0 fully saturated rings. The second-order valence-electron chi connectivity index (χ2n) is 7.44. The molecule has 4 aromatic rings. The highest BCUT2D eigenvalue weighted by Crippen LogP contribution is 2.38. The molecule has 2 heterocycles. The molecule has 182 valence electrons. The average Bonchev–Trinajstić information content (AvgIpc) is 3.32. The van der Waals surface area contributed by atoms with Crippen molar-refractivity contribution in [1.29, 1.82) is 5.26 Å². The Bertz CT molecular complexity index is 1470. The van der Waals surface area contributed by atoms with Crippen LogP contribution in [0, 0.1) is 11.3 Å². The van der Waals surface area contributed by atoms with Gasteiger partial charge in [-0.15, -0.1) is 0 Å². The van der Waals surface area contributed by atoms with Crippen LogP contribution >= 0.6 is 0 Å². The summed E-state index contributed by atoms with van der Waals surface area (Å²) in [6, 6.07) is 16.1. The maximum absolute atomic E-state index is 12.7. The molecule has 36 heavy (non-hydrogen) atoms. The van der Waals surface area contributed by atoms with Crippen molar-refractivity contribution in [2.45, 2.75) is 0 Å². The number of carbonyl (C=O) groups is 2. The van der Waals surface area contributed by atoms with Gasteiger partial charge in [-0.25, -0.2) is 4.98 Å². The molecule has 11 heteroatoms. The number of carbonyl (C=O) groups excluding carboxylic acids is 2. The summed E-state index contributed by atoms with van der Waals surface area (Å²) in [5.41, 5.74) is 1.09. The summed E-state index contributed by atoms with van der Waals surface area (Å²) in [6.07, 6.45) is 1.33. The number of amides is 2. The molecule has 2 N–H and O–H groups in total. The molecule has 2 amide bonds. The Balaban J connectivity index is 1.51. The molecule has 0 saturated heterocycles. The summed E-state index contributed by atoms with van der Waals surface area (Å²) in [5.74, 6) is 0.423. The first-order chi connectivity index (χ1) is 17.5. The van der Waals surface area contributed by atoms with Gasteiger partial charge in [0.05, 0.1) is 39.6 Å². The Kier molecular flexibility index (Phi) is 6.97. The van der Waals surface area contributed by atoms with E-state index >= 15 is 0 Å². The van der Waals surface area contributed by atoms with Gasteiger partial charge in [0.2, 0.25) is 11.7 Å². The van der Waals surface area contributed by atoms with Crippen LogP contribution in [0.3, 0.4) is 0 Å². The van der Waals surface area contributed by atoms with Crippen LogP contribution in [-0.4, -0.2) is 54.5 Å². The summed E-state index contributed by atoms with van der Waals surface area (Å²) in [4.78, 5) is 29.9. The monoisotopic (exact) mass is 486 g/mol. The highest BCUT2D eigenvalue weighted by atomic mass is 16.5. The van der Waals surface area contributed by atoms with E-state index < -0.39 is 11.8 Å². The summed E-state index contributed by atoms with van der Waals surface area (Å²) < 4.78 is 17.1. The number of rotatable bonds is 8. The molecule has 0 atom stereocenters. The topological polar surface area (TPSA) is 140 Å². The van der Waals surface area contributed by atoms with Crippen LogP contribution in [0.1, 0.15) is 15.9 Å². The summed E-state index contributed by atoms with van der Waals surface area (Å²) in [5, 5.41) is 19.8. The highest BCUT2D eigenvalue weighted by molar-refractivity contribution is 6.00. The highest BCUT2D eigenvalue weighted by Gasteiger charge is 2.19. The molecular weight excluding hydrogens is 464 g/mol. The minimum absolute atomic E-state index is 0.146. The molecule has 0 unspecified atom stereocenters. The number of benzene rings is 2. The van der Waals surface area contributed by atoms with E-state index in [1.807, 2.05) is 36.4 Å². The zero-order valence-electron chi connectivity index (χ0n) is 19.7. The molecule has 0 bridgehead atoms. The number of ether oxygens (including phenoxy) is 3. The van der Waals surface area contributed by atoms with E-state index in [2.05, 4.69) is 20.7 Å². The van der Waals surface area contributed by atoms with Crippen LogP contribution in [0.5, 0.6) is 17.2 Å². The van der Waals surface area contributed by atoms with Gasteiger partial charge in [-0.2, -0.15) is 15.0 Å². The number of fused-ring (bicyclic) bond motifs is 1. The number of nitriles is 1. The molecule has 2 aromatic carbocycles. The third-order valence-corrected chi connectivity index (χ3v) is 5.28. The van der Waals surface area contributed by atoms with Crippen LogP contribution in [0.15, 0.2) is 54.7 Å². The summed E-state index contributed by atoms with van der Waals surface area (Å²) in [6.45, 7) is -0.364. The number of anilines is 1. The molecule has 0 radical (unpaired) electrons. The van der Waals surface area contributed by atoms with Gasteiger partial charge in [-0.3, -0.25) is 9.59 Å². The van der Waals surface area contributed by atoms with Crippen LogP contribution in [0.25, 0.3) is 16.7 Å². The fourth-order valence-corrected chi connectivity index (χ4v) is 3.55. The molecule has 0 saturated carbocycles. The first kappa shape index (κ1) is 24.0. The van der Waals surface area contributed by atoms with Gasteiger partial charge in [0.25, 0.3) is 5.91 Å². The van der Waals surface area contributed by atoms with Crippen molar-refractivity contribution in [3.05, 3.63) is 65.9 Å². The Morgan fingerprint density at radius 1 is 1.03 bits per heavy atom. The molecule has 0 aliphatic carbocycles. The van der Waals surface area contributed by atoms with E-state index in [4.69, 9.17) is 14.2 Å². The van der Waals surface area contributed by atoms with Gasteiger partial charge in [0.15, 0.2) is 23.1 Å². The van der Waals surface area contributed by atoms with Gasteiger partial charge in [0.1, 0.15) is 11.6 Å². The van der Waals surface area contributed by atoms with Gasteiger partial charge in [-0.05, 0) is 30.3 Å². The van der Waals surface area contributed by atoms with Crippen molar-refractivity contribution >= 4 is 28.5 Å². The predicted molar refractivity (Wildman–Crippen MR) is 131 cm³/mol. The minimum atomic E-state index is -0.560. The van der Waals surface area contributed by atoms with Crippen molar-refractivity contribution in [1.82, 2.24) is 20.1 Å². The number of para-hydroxylation sites is 1. The van der Waals surface area contributed by atoms with Crippen LogP contribution in [0.4, 0.5) is 5.82 Å². The molecule has 11 nitrogen and oxygen atoms in total. The van der Waals surface area contributed by atoms with E-state index in [1.165, 1.54) is 44.3 Å². The second-order valence-corrected chi connectivity index (χ2v) is 7.44. The van der Waals surface area contributed by atoms with Crippen LogP contribution in [0.2, 0.25) is 0 Å². The van der Waals surface area contributed by atoms with Crippen LogP contribution in [-0.2, 0) is 4.79 Å². The Hall–Kier alpha value is -5.11. The van der Waals surface area contributed by atoms with Gasteiger partial charge < -0.3 is 24.8 Å². The number of hydrogen-bond acceptors (Lipinski definition) is 8. The van der Waals surface area contributed by atoms with Gasteiger partial charge in [0, 0.05) is 10.9 Å². The zero-order chi connectivity index (χ0) is 25.7. The fraction of sp³-hybridized carbons (Fsp3) is 0.160. The number of aromatic nitrogens is 3. The lowest BCUT2D eigenvalue weighted by molar-refractivity contribution is -0.115. The standard InChI is InChI=1S/C25H22N6O5/c1-34-19-10-16(11-20(35-2)23(19)36-3)25(33)27-14-22(32)30-24-17(12-26)13-28-31(24)21-9-8-15-6-4-5-7-18(15)29-21/h4-11,13H,14H2,1-3H3,(H,27,33)(H,30,32). The third kappa shape index (κ3) is 4.74. The quantitative estimate of drug-likeness (QED) is 0.387. The Morgan fingerprint density at radius 2 is 1.75 bits per heavy atom. The Morgan fingerprint density at radius 3 is 2.42 bits per heavy atom. The SMILES string of the molecule is COc1cc(C(=O)NCC(=O)Nc2c(C#N)cnn2-c2ccc3ccccc3n2)cc(OC)c1OC. The predicted octanol–water partition coefficient (Wildman–Crippen LogP) is 2.69. The van der Waals surface area contributed by atoms with E-state index in [0.717, 1.165) is 10.9 Å². The number of nitrogens with one attached hydrogen (secondary N) is 2.